The van der Waals surface area contributed by atoms with Crippen LogP contribution in [0.2, 0.25) is 0 Å². The van der Waals surface area contributed by atoms with E-state index >= 15 is 0 Å². The predicted octanol–water partition coefficient (Wildman–Crippen LogP) is 7.50. The van der Waals surface area contributed by atoms with Gasteiger partial charge in [0.25, 0.3) is 0 Å². The molecule has 3 aromatic carbocycles. The molecule has 1 heterocycles. The molecule has 0 spiro atoms. The maximum Gasteiger partial charge on any atom is 0.573 e. The molecule has 1 aromatic heterocycles. The lowest BCUT2D eigenvalue weighted by molar-refractivity contribution is -0.274. The van der Waals surface area contributed by atoms with Crippen molar-refractivity contribution in [3.8, 4) is 22.6 Å². The Morgan fingerprint density at radius 3 is 2.33 bits per heavy atom. The SMILES string of the molecule is COc1c(/C(C)=C/C(=O)Nc2ccc(OC(F)(F)F)cc2)cc2c(-c3ccc(F)cc3)coc2c1C. The number of methoxy groups -OCH3 is 1. The average Bonchev–Trinajstić information content (AvgIpc) is 3.24. The highest BCUT2D eigenvalue weighted by Crippen LogP contribution is 2.40. The Balaban J connectivity index is 1.64. The third-order valence-corrected chi connectivity index (χ3v) is 5.53. The van der Waals surface area contributed by atoms with Gasteiger partial charge in [-0.3, -0.25) is 4.79 Å². The van der Waals surface area contributed by atoms with Crippen LogP contribution in [0.4, 0.5) is 23.2 Å². The molecule has 0 saturated carbocycles. The van der Waals surface area contributed by atoms with E-state index in [9.17, 15) is 22.4 Å². The van der Waals surface area contributed by atoms with Gasteiger partial charge in [0.2, 0.25) is 5.91 Å². The number of anilines is 1. The number of fused-ring (bicyclic) bond motifs is 1. The second kappa shape index (κ2) is 9.77. The first-order chi connectivity index (χ1) is 17.1. The molecule has 0 saturated heterocycles. The molecular formula is C27H21F4NO4. The number of furan rings is 1. The number of carbonyl (C=O) groups excluding carboxylic acids is 1. The zero-order chi connectivity index (χ0) is 26.0. The molecule has 0 aliphatic rings. The van der Waals surface area contributed by atoms with Crippen LogP contribution in [0, 0.1) is 12.7 Å². The summed E-state index contributed by atoms with van der Waals surface area (Å²) in [6.45, 7) is 3.57. The number of benzene rings is 3. The molecule has 1 amide bonds. The van der Waals surface area contributed by atoms with Crippen LogP contribution in [0.15, 0.2) is 71.4 Å². The standard InChI is InChI=1S/C27H21F4NO4/c1-15(12-24(33)32-19-8-10-20(11-9-19)36-27(29,30)31)21-13-22-23(17-4-6-18(28)7-5-17)14-35-26(22)16(2)25(21)34-3/h4-14H,1-3H3,(H,32,33)/b15-12+. The van der Waals surface area contributed by atoms with Gasteiger partial charge in [0, 0.05) is 33.8 Å². The van der Waals surface area contributed by atoms with E-state index in [0.717, 1.165) is 34.2 Å². The minimum absolute atomic E-state index is 0.297. The minimum atomic E-state index is -4.80. The summed E-state index contributed by atoms with van der Waals surface area (Å²) in [7, 11) is 1.51. The molecule has 4 rings (SSSR count). The van der Waals surface area contributed by atoms with E-state index in [0.29, 0.717) is 28.2 Å². The zero-order valence-electron chi connectivity index (χ0n) is 19.5. The summed E-state index contributed by atoms with van der Waals surface area (Å²) in [4.78, 5) is 12.6. The van der Waals surface area contributed by atoms with E-state index in [1.807, 2.05) is 13.0 Å². The third-order valence-electron chi connectivity index (χ3n) is 5.53. The fourth-order valence-corrected chi connectivity index (χ4v) is 3.92. The average molecular weight is 499 g/mol. The van der Waals surface area contributed by atoms with Crippen LogP contribution in [0.1, 0.15) is 18.1 Å². The molecule has 5 nitrogen and oxygen atoms in total. The Morgan fingerprint density at radius 2 is 1.72 bits per heavy atom. The Bertz CT molecular complexity index is 1440. The number of hydrogen-bond donors (Lipinski definition) is 1. The number of amides is 1. The predicted molar refractivity (Wildman–Crippen MR) is 128 cm³/mol. The van der Waals surface area contributed by atoms with Gasteiger partial charge in [0.1, 0.15) is 22.9 Å². The van der Waals surface area contributed by atoms with Gasteiger partial charge in [-0.05, 0) is 67.4 Å². The maximum atomic E-state index is 13.4. The Labute approximate surface area is 203 Å². The van der Waals surface area contributed by atoms with Crippen molar-refractivity contribution in [2.75, 3.05) is 12.4 Å². The van der Waals surface area contributed by atoms with Gasteiger partial charge >= 0.3 is 6.36 Å². The molecule has 1 N–H and O–H groups in total. The molecule has 4 aromatic rings. The van der Waals surface area contributed by atoms with Gasteiger partial charge in [-0.25, -0.2) is 4.39 Å². The van der Waals surface area contributed by atoms with Gasteiger partial charge < -0.3 is 19.2 Å². The van der Waals surface area contributed by atoms with Crippen molar-refractivity contribution in [1.82, 2.24) is 0 Å². The number of ether oxygens (including phenoxy) is 2. The summed E-state index contributed by atoms with van der Waals surface area (Å²) in [6.07, 6.45) is -1.85. The molecule has 0 unspecified atom stereocenters. The highest BCUT2D eigenvalue weighted by molar-refractivity contribution is 6.06. The molecule has 0 radical (unpaired) electrons. The molecule has 0 atom stereocenters. The lowest BCUT2D eigenvalue weighted by Gasteiger charge is -2.13. The van der Waals surface area contributed by atoms with Crippen molar-refractivity contribution in [3.63, 3.8) is 0 Å². The zero-order valence-corrected chi connectivity index (χ0v) is 19.5. The first-order valence-electron chi connectivity index (χ1n) is 10.8. The van der Waals surface area contributed by atoms with Crippen molar-refractivity contribution in [1.29, 1.82) is 0 Å². The van der Waals surface area contributed by atoms with Crippen LogP contribution >= 0.6 is 0 Å². The quantitative estimate of drug-likeness (QED) is 0.221. The van der Waals surface area contributed by atoms with E-state index in [1.54, 1.807) is 25.3 Å². The molecule has 0 aliphatic carbocycles. The Kier molecular flexibility index (Phi) is 6.74. The monoisotopic (exact) mass is 499 g/mol. The second-order valence-corrected chi connectivity index (χ2v) is 8.00. The van der Waals surface area contributed by atoms with Crippen LogP contribution in [0.25, 0.3) is 27.7 Å². The van der Waals surface area contributed by atoms with Crippen molar-refractivity contribution in [2.45, 2.75) is 20.2 Å². The first kappa shape index (κ1) is 24.8. The summed E-state index contributed by atoms with van der Waals surface area (Å²) >= 11 is 0. The largest absolute Gasteiger partial charge is 0.573 e. The van der Waals surface area contributed by atoms with Crippen LogP contribution in [0.3, 0.4) is 0 Å². The van der Waals surface area contributed by atoms with E-state index in [-0.39, 0.29) is 5.82 Å². The molecule has 0 fully saturated rings. The van der Waals surface area contributed by atoms with Crippen molar-refractivity contribution >= 4 is 28.1 Å². The Morgan fingerprint density at radius 1 is 1.06 bits per heavy atom. The normalized spacial score (nSPS) is 12.0. The molecule has 0 aliphatic heterocycles. The number of allylic oxidation sites excluding steroid dienone is 1. The highest BCUT2D eigenvalue weighted by Gasteiger charge is 2.31. The highest BCUT2D eigenvalue weighted by atomic mass is 19.4. The van der Waals surface area contributed by atoms with Crippen molar-refractivity contribution in [3.05, 3.63) is 83.9 Å². The smallest absolute Gasteiger partial charge is 0.496 e. The van der Waals surface area contributed by atoms with Gasteiger partial charge in [-0.15, -0.1) is 13.2 Å². The second-order valence-electron chi connectivity index (χ2n) is 8.00. The summed E-state index contributed by atoms with van der Waals surface area (Å²) in [5, 5.41) is 3.38. The summed E-state index contributed by atoms with van der Waals surface area (Å²) in [6, 6.07) is 12.7. The van der Waals surface area contributed by atoms with Crippen LogP contribution in [-0.2, 0) is 4.79 Å². The van der Waals surface area contributed by atoms with Crippen molar-refractivity contribution in [2.24, 2.45) is 0 Å². The summed E-state index contributed by atoms with van der Waals surface area (Å²) in [5.74, 6) is -0.698. The van der Waals surface area contributed by atoms with Crippen LogP contribution in [0.5, 0.6) is 11.5 Å². The number of halogens is 4. The van der Waals surface area contributed by atoms with E-state index in [2.05, 4.69) is 10.1 Å². The number of alkyl halides is 3. The Hall–Kier alpha value is -4.27. The van der Waals surface area contributed by atoms with Crippen molar-refractivity contribution < 1.29 is 36.2 Å². The molecule has 36 heavy (non-hydrogen) atoms. The van der Waals surface area contributed by atoms with E-state index < -0.39 is 18.0 Å². The van der Waals surface area contributed by atoms with Crippen LogP contribution < -0.4 is 14.8 Å². The van der Waals surface area contributed by atoms with Gasteiger partial charge in [-0.1, -0.05) is 12.1 Å². The van der Waals surface area contributed by atoms with E-state index in [1.165, 1.54) is 37.5 Å². The molecule has 186 valence electrons. The van der Waals surface area contributed by atoms with Crippen LogP contribution in [-0.4, -0.2) is 19.4 Å². The topological polar surface area (TPSA) is 60.7 Å². The number of rotatable bonds is 6. The summed E-state index contributed by atoms with van der Waals surface area (Å²) < 4.78 is 65.6. The number of hydrogen-bond acceptors (Lipinski definition) is 4. The van der Waals surface area contributed by atoms with Gasteiger partial charge in [-0.2, -0.15) is 0 Å². The maximum absolute atomic E-state index is 13.4. The molecule has 9 heteroatoms. The fraction of sp³-hybridized carbons (Fsp3) is 0.148. The van der Waals surface area contributed by atoms with Gasteiger partial charge in [0.15, 0.2) is 0 Å². The lowest BCUT2D eigenvalue weighted by atomic mass is 9.96. The van der Waals surface area contributed by atoms with Gasteiger partial charge in [0.05, 0.1) is 13.4 Å². The minimum Gasteiger partial charge on any atom is -0.496 e. The van der Waals surface area contributed by atoms with E-state index in [4.69, 9.17) is 9.15 Å². The first-order valence-corrected chi connectivity index (χ1v) is 10.8. The third kappa shape index (κ3) is 5.35. The number of aryl methyl sites for hydroxylation is 1. The molecular weight excluding hydrogens is 478 g/mol. The summed E-state index contributed by atoms with van der Waals surface area (Å²) in [5.41, 5.74) is 4.39. The molecule has 0 bridgehead atoms. The number of carbonyl (C=O) groups is 1. The lowest BCUT2D eigenvalue weighted by Crippen LogP contribution is -2.17. The number of nitrogens with one attached hydrogen (secondary N) is 1. The fourth-order valence-electron chi connectivity index (χ4n) is 3.92.